The molecule has 230 valence electrons. The van der Waals surface area contributed by atoms with Crippen molar-refractivity contribution in [2.45, 2.75) is 187 Å². The van der Waals surface area contributed by atoms with Crippen molar-refractivity contribution >= 4 is 11.9 Å². The lowest BCUT2D eigenvalue weighted by Gasteiger charge is -2.11. The lowest BCUT2D eigenvalue weighted by Crippen LogP contribution is -2.19. The van der Waals surface area contributed by atoms with E-state index in [4.69, 9.17) is 4.74 Å². The van der Waals surface area contributed by atoms with Crippen molar-refractivity contribution in [1.82, 2.24) is 0 Å². The van der Waals surface area contributed by atoms with Crippen LogP contribution in [-0.4, -0.2) is 23.7 Å². The van der Waals surface area contributed by atoms with Crippen LogP contribution in [0.5, 0.6) is 0 Å². The largest absolute Gasteiger partial charge is 0.481 e. The van der Waals surface area contributed by atoms with E-state index in [1.54, 1.807) is 0 Å². The summed E-state index contributed by atoms with van der Waals surface area (Å²) >= 11 is 0. The number of unbranched alkanes of at least 4 members (excludes halogenated alkanes) is 22. The van der Waals surface area contributed by atoms with Crippen LogP contribution in [0.4, 0.5) is 0 Å². The van der Waals surface area contributed by atoms with E-state index in [9.17, 15) is 14.7 Å². The third kappa shape index (κ3) is 29.5. The minimum atomic E-state index is -0.874. The molecule has 0 aliphatic carbocycles. The summed E-state index contributed by atoms with van der Waals surface area (Å²) in [5, 5.41) is 9.33. The molecule has 0 fully saturated rings. The molecule has 0 amide bonds. The van der Waals surface area contributed by atoms with E-state index in [1.807, 2.05) is 6.92 Å². The first-order chi connectivity index (χ1) is 19.1. The third-order valence-corrected chi connectivity index (χ3v) is 7.79. The van der Waals surface area contributed by atoms with Crippen molar-refractivity contribution in [1.29, 1.82) is 0 Å². The van der Waals surface area contributed by atoms with Crippen LogP contribution in [0.2, 0.25) is 0 Å². The van der Waals surface area contributed by atoms with Gasteiger partial charge in [0.05, 0.1) is 18.9 Å². The number of rotatable bonds is 31. The summed E-state index contributed by atoms with van der Waals surface area (Å²) in [5.74, 6) is -1.85. The van der Waals surface area contributed by atoms with E-state index < -0.39 is 11.9 Å². The highest BCUT2D eigenvalue weighted by Gasteiger charge is 2.21. The normalized spacial score (nSPS) is 12.3. The molecule has 1 N–H and O–H groups in total. The summed E-state index contributed by atoms with van der Waals surface area (Å²) in [6, 6.07) is 0. The first-order valence-electron chi connectivity index (χ1n) is 17.1. The highest BCUT2D eigenvalue weighted by Crippen LogP contribution is 2.18. The summed E-state index contributed by atoms with van der Waals surface area (Å²) in [6.45, 7) is 4.59. The average molecular weight is 551 g/mol. The molecule has 0 aromatic carbocycles. The van der Waals surface area contributed by atoms with E-state index in [-0.39, 0.29) is 12.4 Å². The minimum Gasteiger partial charge on any atom is -0.481 e. The number of hydrogen-bond acceptors (Lipinski definition) is 3. The van der Waals surface area contributed by atoms with Crippen molar-refractivity contribution in [2.75, 3.05) is 6.61 Å². The van der Waals surface area contributed by atoms with Crippen LogP contribution in [0.3, 0.4) is 0 Å². The molecule has 0 aromatic rings. The number of hydrogen-bond donors (Lipinski definition) is 1. The van der Waals surface area contributed by atoms with Gasteiger partial charge >= 0.3 is 11.9 Å². The maximum absolute atomic E-state index is 11.7. The van der Waals surface area contributed by atoms with Crippen LogP contribution in [0, 0.1) is 5.92 Å². The molecule has 4 nitrogen and oxygen atoms in total. The van der Waals surface area contributed by atoms with E-state index in [1.165, 1.54) is 141 Å². The first kappa shape index (κ1) is 37.7. The SMILES string of the molecule is CCCCCCCC/C=C/CCCCCCCCCCCCCCCCCCC(CC(=O)OCCC)C(=O)O. The van der Waals surface area contributed by atoms with E-state index in [0.717, 1.165) is 19.3 Å². The molecule has 4 heteroatoms. The van der Waals surface area contributed by atoms with Crippen LogP contribution >= 0.6 is 0 Å². The number of aliphatic carboxylic acids is 1. The van der Waals surface area contributed by atoms with Crippen molar-refractivity contribution in [3.05, 3.63) is 12.2 Å². The van der Waals surface area contributed by atoms with Gasteiger partial charge in [-0.05, 0) is 38.5 Å². The van der Waals surface area contributed by atoms with Gasteiger partial charge < -0.3 is 9.84 Å². The Hall–Kier alpha value is -1.32. The molecule has 1 atom stereocenters. The third-order valence-electron chi connectivity index (χ3n) is 7.79. The molecular weight excluding hydrogens is 484 g/mol. The van der Waals surface area contributed by atoms with E-state index >= 15 is 0 Å². The van der Waals surface area contributed by atoms with Gasteiger partial charge in [-0.2, -0.15) is 0 Å². The molecule has 0 rings (SSSR count). The van der Waals surface area contributed by atoms with Gasteiger partial charge in [-0.1, -0.05) is 154 Å². The Labute approximate surface area is 243 Å². The fourth-order valence-electron chi connectivity index (χ4n) is 5.19. The predicted octanol–water partition coefficient (Wildman–Crippen LogP) is 11.4. The second-order valence-electron chi connectivity index (χ2n) is 11.7. The van der Waals surface area contributed by atoms with E-state index in [0.29, 0.717) is 13.0 Å². The Morgan fingerprint density at radius 3 is 1.33 bits per heavy atom. The van der Waals surface area contributed by atoms with Gasteiger partial charge in [0.1, 0.15) is 0 Å². The lowest BCUT2D eigenvalue weighted by molar-refractivity contribution is -0.151. The molecule has 0 saturated carbocycles. The van der Waals surface area contributed by atoms with Crippen molar-refractivity contribution < 1.29 is 19.4 Å². The molecule has 0 bridgehead atoms. The van der Waals surface area contributed by atoms with Crippen LogP contribution in [0.25, 0.3) is 0 Å². The standard InChI is InChI=1S/C35H66O4/c1-3-5-6-7-8-9-10-11-12-13-14-15-16-17-18-19-20-21-22-23-24-25-26-27-28-29-30-33(35(37)38)32-34(36)39-31-4-2/h11-12,33H,3-10,13-32H2,1-2H3,(H,37,38)/b12-11+. The summed E-state index contributed by atoms with van der Waals surface area (Å²) in [4.78, 5) is 23.0. The van der Waals surface area contributed by atoms with Crippen molar-refractivity contribution in [3.63, 3.8) is 0 Å². The van der Waals surface area contributed by atoms with Gasteiger partial charge in [-0.15, -0.1) is 0 Å². The summed E-state index contributed by atoms with van der Waals surface area (Å²) in [5.41, 5.74) is 0. The minimum absolute atomic E-state index is 0.00654. The fraction of sp³-hybridized carbons (Fsp3) is 0.886. The van der Waals surface area contributed by atoms with Crippen LogP contribution in [-0.2, 0) is 14.3 Å². The molecule has 0 radical (unpaired) electrons. The Morgan fingerprint density at radius 2 is 0.949 bits per heavy atom. The van der Waals surface area contributed by atoms with Gasteiger partial charge in [0.15, 0.2) is 0 Å². The van der Waals surface area contributed by atoms with Crippen molar-refractivity contribution in [2.24, 2.45) is 5.92 Å². The molecule has 0 aliphatic rings. The zero-order valence-electron chi connectivity index (χ0n) is 26.2. The number of esters is 1. The Kier molecular flexibility index (Phi) is 30.2. The molecule has 0 spiro atoms. The maximum Gasteiger partial charge on any atom is 0.307 e. The van der Waals surface area contributed by atoms with Gasteiger partial charge in [0.25, 0.3) is 0 Å². The molecular formula is C35H66O4. The Balaban J connectivity index is 3.31. The zero-order valence-corrected chi connectivity index (χ0v) is 26.2. The fourth-order valence-corrected chi connectivity index (χ4v) is 5.19. The van der Waals surface area contributed by atoms with Gasteiger partial charge in [-0.25, -0.2) is 0 Å². The van der Waals surface area contributed by atoms with Gasteiger partial charge in [0.2, 0.25) is 0 Å². The predicted molar refractivity (Wildman–Crippen MR) is 167 cm³/mol. The molecule has 1 unspecified atom stereocenters. The van der Waals surface area contributed by atoms with E-state index in [2.05, 4.69) is 19.1 Å². The Bertz CT molecular complexity index is 557. The molecule has 39 heavy (non-hydrogen) atoms. The average Bonchev–Trinajstić information content (AvgIpc) is 2.93. The highest BCUT2D eigenvalue weighted by atomic mass is 16.5. The smallest absolute Gasteiger partial charge is 0.307 e. The summed E-state index contributed by atoms with van der Waals surface area (Å²) in [7, 11) is 0. The monoisotopic (exact) mass is 550 g/mol. The zero-order chi connectivity index (χ0) is 28.7. The van der Waals surface area contributed by atoms with Crippen LogP contribution in [0.15, 0.2) is 12.2 Å². The van der Waals surface area contributed by atoms with Crippen molar-refractivity contribution in [3.8, 4) is 0 Å². The highest BCUT2D eigenvalue weighted by molar-refractivity contribution is 5.78. The topological polar surface area (TPSA) is 63.6 Å². The maximum atomic E-state index is 11.7. The summed E-state index contributed by atoms with van der Waals surface area (Å²) in [6.07, 6.45) is 38.0. The lowest BCUT2D eigenvalue weighted by atomic mass is 9.97. The first-order valence-corrected chi connectivity index (χ1v) is 17.1. The quantitative estimate of drug-likeness (QED) is 0.0529. The summed E-state index contributed by atoms with van der Waals surface area (Å²) < 4.78 is 5.03. The van der Waals surface area contributed by atoms with Gasteiger partial charge in [0, 0.05) is 0 Å². The number of carboxylic acids is 1. The molecule has 0 saturated heterocycles. The molecule has 0 aromatic heterocycles. The second kappa shape index (κ2) is 31.2. The second-order valence-corrected chi connectivity index (χ2v) is 11.7. The van der Waals surface area contributed by atoms with Gasteiger partial charge in [-0.3, -0.25) is 9.59 Å². The Morgan fingerprint density at radius 1 is 0.564 bits per heavy atom. The molecule has 0 aliphatic heterocycles. The number of allylic oxidation sites excluding steroid dienone is 2. The van der Waals surface area contributed by atoms with Crippen LogP contribution < -0.4 is 0 Å². The number of carbonyl (C=O) groups excluding carboxylic acids is 1. The number of carbonyl (C=O) groups is 2. The molecule has 0 heterocycles. The number of ether oxygens (including phenoxy) is 1. The van der Waals surface area contributed by atoms with Crippen LogP contribution in [0.1, 0.15) is 187 Å². The number of carboxylic acid groups (broad SMARTS) is 1.